The number of rotatable bonds is 5. The second kappa shape index (κ2) is 6.59. The van der Waals surface area contributed by atoms with Gasteiger partial charge in [-0.05, 0) is 45.2 Å². The zero-order chi connectivity index (χ0) is 16.3. The first-order chi connectivity index (χ1) is 10.3. The van der Waals surface area contributed by atoms with E-state index in [2.05, 4.69) is 50.0 Å². The van der Waals surface area contributed by atoms with Crippen molar-refractivity contribution >= 4 is 17.3 Å². The van der Waals surface area contributed by atoms with E-state index >= 15 is 0 Å². The third-order valence-electron chi connectivity index (χ3n) is 4.00. The van der Waals surface area contributed by atoms with E-state index in [-0.39, 0.29) is 17.6 Å². The zero-order valence-electron chi connectivity index (χ0n) is 14.3. The van der Waals surface area contributed by atoms with Crippen LogP contribution in [0.5, 0.6) is 0 Å². The highest BCUT2D eigenvalue weighted by Crippen LogP contribution is 2.35. The topological polar surface area (TPSA) is 41.6 Å². The number of fused-ring (bicyclic) bond motifs is 1. The Balaban J connectivity index is 2.11. The van der Waals surface area contributed by atoms with Gasteiger partial charge in [0, 0.05) is 12.1 Å². The minimum atomic E-state index is -0.283. The SMILES string of the molecule is CC(C)CCOC(=O)C(C)N1CC(C)(C)Nc2ccccc21. The molecular weight excluding hydrogens is 276 g/mol. The zero-order valence-corrected chi connectivity index (χ0v) is 14.3. The monoisotopic (exact) mass is 304 g/mol. The molecular formula is C18H28N2O2. The van der Waals surface area contributed by atoms with E-state index in [9.17, 15) is 4.79 Å². The van der Waals surface area contributed by atoms with Crippen molar-refractivity contribution in [2.24, 2.45) is 5.92 Å². The van der Waals surface area contributed by atoms with Gasteiger partial charge in [0.25, 0.3) is 0 Å². The minimum absolute atomic E-state index is 0.0825. The third-order valence-corrected chi connectivity index (χ3v) is 4.00. The molecule has 0 aliphatic carbocycles. The quantitative estimate of drug-likeness (QED) is 0.843. The number of nitrogens with one attached hydrogen (secondary N) is 1. The molecule has 1 atom stereocenters. The van der Waals surface area contributed by atoms with E-state index in [0.29, 0.717) is 12.5 Å². The second-order valence-electron chi connectivity index (χ2n) is 7.18. The number of para-hydroxylation sites is 2. The fourth-order valence-electron chi connectivity index (χ4n) is 2.73. The highest BCUT2D eigenvalue weighted by molar-refractivity contribution is 5.84. The summed E-state index contributed by atoms with van der Waals surface area (Å²) in [4.78, 5) is 14.5. The Kier molecular flexibility index (Phi) is 4.99. The van der Waals surface area contributed by atoms with E-state index < -0.39 is 0 Å². The summed E-state index contributed by atoms with van der Waals surface area (Å²) in [6.07, 6.45) is 0.905. The van der Waals surface area contributed by atoms with Crippen LogP contribution in [0.2, 0.25) is 0 Å². The van der Waals surface area contributed by atoms with Crippen LogP contribution in [0.3, 0.4) is 0 Å². The predicted molar refractivity (Wildman–Crippen MR) is 91.4 cm³/mol. The maximum atomic E-state index is 12.4. The smallest absolute Gasteiger partial charge is 0.328 e. The molecule has 0 fully saturated rings. The van der Waals surface area contributed by atoms with Crippen LogP contribution in [0.4, 0.5) is 11.4 Å². The van der Waals surface area contributed by atoms with Crippen molar-refractivity contribution in [2.75, 3.05) is 23.4 Å². The Morgan fingerprint density at radius 2 is 2.00 bits per heavy atom. The van der Waals surface area contributed by atoms with Crippen molar-refractivity contribution in [1.82, 2.24) is 0 Å². The molecule has 0 spiro atoms. The molecule has 1 heterocycles. The van der Waals surface area contributed by atoms with Gasteiger partial charge in [-0.25, -0.2) is 4.79 Å². The average molecular weight is 304 g/mol. The van der Waals surface area contributed by atoms with Gasteiger partial charge >= 0.3 is 5.97 Å². The van der Waals surface area contributed by atoms with Gasteiger partial charge in [-0.15, -0.1) is 0 Å². The summed E-state index contributed by atoms with van der Waals surface area (Å²) < 4.78 is 5.45. The molecule has 0 bridgehead atoms. The Morgan fingerprint density at radius 1 is 1.32 bits per heavy atom. The van der Waals surface area contributed by atoms with Crippen LogP contribution in [0.15, 0.2) is 24.3 Å². The maximum Gasteiger partial charge on any atom is 0.328 e. The number of carbonyl (C=O) groups excluding carboxylic acids is 1. The van der Waals surface area contributed by atoms with Crippen LogP contribution in [0.25, 0.3) is 0 Å². The van der Waals surface area contributed by atoms with Crippen LogP contribution in [-0.4, -0.2) is 30.7 Å². The Labute approximate surface area is 133 Å². The number of hydrogen-bond donors (Lipinski definition) is 1. The molecule has 4 heteroatoms. The number of benzene rings is 1. The summed E-state index contributed by atoms with van der Waals surface area (Å²) >= 11 is 0. The van der Waals surface area contributed by atoms with Gasteiger partial charge in [0.15, 0.2) is 0 Å². The largest absolute Gasteiger partial charge is 0.464 e. The highest BCUT2D eigenvalue weighted by Gasteiger charge is 2.34. The molecule has 1 aliphatic rings. The second-order valence-corrected chi connectivity index (χ2v) is 7.18. The normalized spacial score (nSPS) is 17.6. The Bertz CT molecular complexity index is 526. The highest BCUT2D eigenvalue weighted by atomic mass is 16.5. The molecule has 1 N–H and O–H groups in total. The fraction of sp³-hybridized carbons (Fsp3) is 0.611. The molecule has 0 amide bonds. The predicted octanol–water partition coefficient (Wildman–Crippen LogP) is 3.67. The summed E-state index contributed by atoms with van der Waals surface area (Å²) in [5.41, 5.74) is 2.05. The van der Waals surface area contributed by atoms with Gasteiger partial charge in [-0.3, -0.25) is 0 Å². The lowest BCUT2D eigenvalue weighted by atomic mass is 9.98. The first kappa shape index (κ1) is 16.7. The Hall–Kier alpha value is -1.71. The Morgan fingerprint density at radius 3 is 2.68 bits per heavy atom. The lowest BCUT2D eigenvalue weighted by Crippen LogP contribution is -2.53. The summed E-state index contributed by atoms with van der Waals surface area (Å²) in [6, 6.07) is 7.84. The molecule has 0 radical (unpaired) electrons. The van der Waals surface area contributed by atoms with Crippen molar-refractivity contribution in [1.29, 1.82) is 0 Å². The number of hydrogen-bond acceptors (Lipinski definition) is 4. The number of ether oxygens (including phenoxy) is 1. The van der Waals surface area contributed by atoms with Crippen LogP contribution in [0, 0.1) is 5.92 Å². The van der Waals surface area contributed by atoms with Gasteiger partial charge < -0.3 is 15.0 Å². The number of nitrogens with zero attached hydrogens (tertiary/aromatic N) is 1. The molecule has 1 aromatic rings. The van der Waals surface area contributed by atoms with E-state index in [4.69, 9.17) is 4.74 Å². The standard InChI is InChI=1S/C18H28N2O2/c1-13(2)10-11-22-17(21)14(3)20-12-18(4,5)19-15-8-6-7-9-16(15)20/h6-9,13-14,19H,10-12H2,1-5H3. The molecule has 122 valence electrons. The fourth-order valence-corrected chi connectivity index (χ4v) is 2.73. The number of carbonyl (C=O) groups is 1. The van der Waals surface area contributed by atoms with Crippen molar-refractivity contribution < 1.29 is 9.53 Å². The number of esters is 1. The summed E-state index contributed by atoms with van der Waals surface area (Å²) in [5, 5.41) is 3.52. The van der Waals surface area contributed by atoms with Crippen molar-refractivity contribution in [3.05, 3.63) is 24.3 Å². The van der Waals surface area contributed by atoms with Crippen LogP contribution >= 0.6 is 0 Å². The molecule has 22 heavy (non-hydrogen) atoms. The average Bonchev–Trinajstić information content (AvgIpc) is 2.44. The van der Waals surface area contributed by atoms with Gasteiger partial charge in [-0.1, -0.05) is 26.0 Å². The van der Waals surface area contributed by atoms with Gasteiger partial charge in [-0.2, -0.15) is 0 Å². The lowest BCUT2D eigenvalue weighted by molar-refractivity contribution is -0.145. The van der Waals surface area contributed by atoms with E-state index in [1.807, 2.05) is 19.1 Å². The first-order valence-corrected chi connectivity index (χ1v) is 8.10. The lowest BCUT2D eigenvalue weighted by Gasteiger charge is -2.44. The molecule has 0 saturated heterocycles. The third kappa shape index (κ3) is 3.93. The van der Waals surface area contributed by atoms with E-state index in [0.717, 1.165) is 24.3 Å². The minimum Gasteiger partial charge on any atom is -0.464 e. The maximum absolute atomic E-state index is 12.4. The van der Waals surface area contributed by atoms with E-state index in [1.165, 1.54) is 0 Å². The van der Waals surface area contributed by atoms with Crippen LogP contribution < -0.4 is 10.2 Å². The number of anilines is 2. The molecule has 2 rings (SSSR count). The van der Waals surface area contributed by atoms with Gasteiger partial charge in [0.1, 0.15) is 6.04 Å². The van der Waals surface area contributed by atoms with Crippen molar-refractivity contribution in [3.63, 3.8) is 0 Å². The van der Waals surface area contributed by atoms with Crippen molar-refractivity contribution in [2.45, 2.75) is 52.6 Å². The summed E-state index contributed by atoms with van der Waals surface area (Å²) in [6.45, 7) is 11.7. The van der Waals surface area contributed by atoms with Crippen LogP contribution in [-0.2, 0) is 9.53 Å². The summed E-state index contributed by atoms with van der Waals surface area (Å²) in [5.74, 6) is 0.398. The molecule has 0 aromatic heterocycles. The van der Waals surface area contributed by atoms with Gasteiger partial charge in [0.2, 0.25) is 0 Å². The van der Waals surface area contributed by atoms with Crippen LogP contribution in [0.1, 0.15) is 41.0 Å². The summed E-state index contributed by atoms with van der Waals surface area (Å²) in [7, 11) is 0. The van der Waals surface area contributed by atoms with Gasteiger partial charge in [0.05, 0.1) is 18.0 Å². The molecule has 1 aliphatic heterocycles. The van der Waals surface area contributed by atoms with E-state index in [1.54, 1.807) is 0 Å². The molecule has 4 nitrogen and oxygen atoms in total. The van der Waals surface area contributed by atoms with Crippen molar-refractivity contribution in [3.8, 4) is 0 Å². The first-order valence-electron chi connectivity index (χ1n) is 8.10. The molecule has 0 saturated carbocycles. The molecule has 1 unspecified atom stereocenters. The molecule has 1 aromatic carbocycles.